The molecule has 12 heavy (non-hydrogen) atoms. The average molecular weight is 205 g/mol. The Bertz CT molecular complexity index is 238. The fourth-order valence-electron chi connectivity index (χ4n) is 0.393. The Morgan fingerprint density at radius 2 is 2.00 bits per heavy atom. The summed E-state index contributed by atoms with van der Waals surface area (Å²) < 4.78 is 29.0. The summed E-state index contributed by atoms with van der Waals surface area (Å²) in [5.41, 5.74) is 0. The molecule has 0 aromatic heterocycles. The van der Waals surface area contributed by atoms with E-state index in [1.54, 1.807) is 0 Å². The van der Waals surface area contributed by atoms with E-state index in [2.05, 4.69) is 5.32 Å². The van der Waals surface area contributed by atoms with Gasteiger partial charge in [-0.15, -0.1) is 0 Å². The van der Waals surface area contributed by atoms with Gasteiger partial charge in [-0.1, -0.05) is 0 Å². The first-order valence-corrected chi connectivity index (χ1v) is 4.53. The molecule has 0 heterocycles. The van der Waals surface area contributed by atoms with E-state index in [-0.39, 0.29) is 41.9 Å². The first-order chi connectivity index (χ1) is 4.84. The molecule has 0 rings (SSSR count). The Morgan fingerprint density at radius 3 is 2.25 bits per heavy atom. The zero-order valence-electron chi connectivity index (χ0n) is 6.36. The van der Waals surface area contributed by atoms with Crippen molar-refractivity contribution in [1.29, 1.82) is 0 Å². The molecule has 1 atom stereocenters. The number of carbonyl (C=O) groups excluding carboxylic acids is 1. The third-order valence-corrected chi connectivity index (χ3v) is 2.15. The molecule has 1 unspecified atom stereocenters. The molecule has 0 fully saturated rings. The van der Waals surface area contributed by atoms with Crippen molar-refractivity contribution >= 4 is 45.5 Å². The van der Waals surface area contributed by atoms with E-state index in [4.69, 9.17) is 4.55 Å². The summed E-state index contributed by atoms with van der Waals surface area (Å²) >= 11 is 0. The van der Waals surface area contributed by atoms with Crippen molar-refractivity contribution in [3.8, 4) is 0 Å². The number of hydrogen-bond acceptors (Lipinski definition) is 4. The molecule has 0 saturated carbocycles. The molecule has 2 N–H and O–H groups in total. The number of carbonyl (C=O) groups is 1. The summed E-state index contributed by atoms with van der Waals surface area (Å²) in [5, 5.41) is 1.24. The number of nitrogens with one attached hydrogen (secondary N) is 1. The predicted molar refractivity (Wildman–Crippen MR) is 46.8 cm³/mol. The molecular formula is C5H12NNaO4S. The minimum atomic E-state index is -4.06. The average Bonchev–Trinajstić information content (AvgIpc) is 1.80. The summed E-state index contributed by atoms with van der Waals surface area (Å²) in [7, 11) is -4.06. The molecule has 5 nitrogen and oxygen atoms in total. The molecular weight excluding hydrogens is 193 g/mol. The molecule has 0 aliphatic rings. The van der Waals surface area contributed by atoms with Gasteiger partial charge in [-0.05, 0) is 13.8 Å². The summed E-state index contributed by atoms with van der Waals surface area (Å²) in [6.45, 7) is 2.53. The Hall–Kier alpha value is 0.540. The van der Waals surface area contributed by atoms with E-state index in [0.717, 1.165) is 0 Å². The van der Waals surface area contributed by atoms with Crippen LogP contribution >= 0.6 is 0 Å². The van der Waals surface area contributed by atoms with Gasteiger partial charge in [-0.2, -0.15) is 8.42 Å². The molecule has 0 radical (unpaired) electrons. The van der Waals surface area contributed by atoms with Gasteiger partial charge < -0.3 is 0 Å². The Kier molecular flexibility index (Phi) is 7.60. The number of ketones is 1. The summed E-state index contributed by atoms with van der Waals surface area (Å²) in [6, 6.07) is 0. The van der Waals surface area contributed by atoms with Crippen LogP contribution in [0.2, 0.25) is 0 Å². The van der Waals surface area contributed by atoms with Gasteiger partial charge in [0.15, 0.2) is 0 Å². The standard InChI is InChI=1S/C5H11NO4S.Na.H/c1-4(7)3-6-5(2)11(8,9)10;;/h5-6H,3H2,1-2H3,(H,8,9,10);;. The van der Waals surface area contributed by atoms with Gasteiger partial charge in [0, 0.05) is 0 Å². The molecule has 7 heteroatoms. The first kappa shape index (κ1) is 15.0. The summed E-state index contributed by atoms with van der Waals surface area (Å²) in [4.78, 5) is 10.3. The minimum absolute atomic E-state index is 0. The van der Waals surface area contributed by atoms with Crippen molar-refractivity contribution in [3.63, 3.8) is 0 Å². The number of Topliss-reactive ketones (excluding diaryl/α,β-unsaturated/α-hetero) is 1. The second kappa shape index (κ2) is 6.06. The normalized spacial score (nSPS) is 13.2. The van der Waals surface area contributed by atoms with Gasteiger partial charge in [0.2, 0.25) is 0 Å². The van der Waals surface area contributed by atoms with Crippen molar-refractivity contribution < 1.29 is 17.8 Å². The van der Waals surface area contributed by atoms with Crippen molar-refractivity contribution in [1.82, 2.24) is 5.32 Å². The van der Waals surface area contributed by atoms with Crippen LogP contribution in [0.15, 0.2) is 0 Å². The van der Waals surface area contributed by atoms with Gasteiger partial charge in [0.1, 0.15) is 11.2 Å². The molecule has 0 aliphatic carbocycles. The quantitative estimate of drug-likeness (QED) is 0.442. The van der Waals surface area contributed by atoms with E-state index < -0.39 is 15.5 Å². The number of hydrogen-bond donors (Lipinski definition) is 2. The fourth-order valence-corrected chi connectivity index (χ4v) is 0.687. The van der Waals surface area contributed by atoms with Crippen LogP contribution in [0.3, 0.4) is 0 Å². The van der Waals surface area contributed by atoms with Crippen LogP contribution in [-0.4, -0.2) is 60.2 Å². The molecule has 0 bridgehead atoms. The number of rotatable bonds is 4. The molecule has 0 amide bonds. The van der Waals surface area contributed by atoms with Crippen molar-refractivity contribution in [2.75, 3.05) is 6.54 Å². The summed E-state index contributed by atoms with van der Waals surface area (Å²) in [6.07, 6.45) is 0. The van der Waals surface area contributed by atoms with E-state index in [1.165, 1.54) is 13.8 Å². The van der Waals surface area contributed by atoms with E-state index in [0.29, 0.717) is 0 Å². The van der Waals surface area contributed by atoms with Gasteiger partial charge in [-0.3, -0.25) is 14.7 Å². The van der Waals surface area contributed by atoms with Crippen molar-refractivity contribution in [2.45, 2.75) is 19.2 Å². The molecule has 0 aromatic rings. The van der Waals surface area contributed by atoms with E-state index in [9.17, 15) is 13.2 Å². The monoisotopic (exact) mass is 205 g/mol. The van der Waals surface area contributed by atoms with Crippen LogP contribution in [0.5, 0.6) is 0 Å². The van der Waals surface area contributed by atoms with Gasteiger partial charge in [-0.25, -0.2) is 0 Å². The fraction of sp³-hybridized carbons (Fsp3) is 0.800. The van der Waals surface area contributed by atoms with Crippen LogP contribution in [0.1, 0.15) is 13.8 Å². The maximum atomic E-state index is 10.3. The maximum absolute atomic E-state index is 10.3. The van der Waals surface area contributed by atoms with Gasteiger partial charge >= 0.3 is 29.6 Å². The Labute approximate surface area is 94.0 Å². The molecule has 68 valence electrons. The topological polar surface area (TPSA) is 83.5 Å². The second-order valence-electron chi connectivity index (χ2n) is 2.24. The second-order valence-corrected chi connectivity index (χ2v) is 3.98. The van der Waals surface area contributed by atoms with E-state index >= 15 is 0 Å². The van der Waals surface area contributed by atoms with Crippen molar-refractivity contribution in [2.24, 2.45) is 0 Å². The van der Waals surface area contributed by atoms with Gasteiger partial charge in [0.05, 0.1) is 6.54 Å². The van der Waals surface area contributed by atoms with Crippen LogP contribution in [0.4, 0.5) is 0 Å². The van der Waals surface area contributed by atoms with Crippen LogP contribution in [0.25, 0.3) is 0 Å². The Morgan fingerprint density at radius 1 is 1.58 bits per heavy atom. The molecule has 0 saturated heterocycles. The molecule has 0 aromatic carbocycles. The zero-order chi connectivity index (χ0) is 9.07. The predicted octanol–water partition coefficient (Wildman–Crippen LogP) is -1.25. The third-order valence-electron chi connectivity index (χ3n) is 1.09. The summed E-state index contributed by atoms with van der Waals surface area (Å²) in [5.74, 6) is -0.180. The first-order valence-electron chi connectivity index (χ1n) is 3.03. The third kappa shape index (κ3) is 7.20. The Balaban J connectivity index is 0. The SMILES string of the molecule is CC(=O)CNC(C)S(=O)(=O)O.[NaH]. The van der Waals surface area contributed by atoms with Crippen molar-refractivity contribution in [3.05, 3.63) is 0 Å². The van der Waals surface area contributed by atoms with Crippen LogP contribution < -0.4 is 5.32 Å². The van der Waals surface area contributed by atoms with Gasteiger partial charge in [0.25, 0.3) is 10.1 Å². The van der Waals surface area contributed by atoms with E-state index in [1.807, 2.05) is 0 Å². The molecule has 0 spiro atoms. The van der Waals surface area contributed by atoms with Crippen LogP contribution in [-0.2, 0) is 14.9 Å². The van der Waals surface area contributed by atoms with Crippen LogP contribution in [0, 0.1) is 0 Å². The molecule has 0 aliphatic heterocycles. The zero-order valence-corrected chi connectivity index (χ0v) is 7.18.